The number of sulfone groups is 1. The maximum Gasteiger partial charge on any atom is 0.321 e. The van der Waals surface area contributed by atoms with Crippen LogP contribution in [0.5, 0.6) is 0 Å². The van der Waals surface area contributed by atoms with Gasteiger partial charge in [-0.2, -0.15) is 4.72 Å². The lowest BCUT2D eigenvalue weighted by Gasteiger charge is -2.14. The van der Waals surface area contributed by atoms with E-state index in [9.17, 15) is 21.6 Å². The fourth-order valence-corrected chi connectivity index (χ4v) is 3.75. The van der Waals surface area contributed by atoms with Crippen LogP contribution in [-0.2, 0) is 24.7 Å². The van der Waals surface area contributed by atoms with Crippen molar-refractivity contribution < 1.29 is 26.7 Å². The van der Waals surface area contributed by atoms with Crippen molar-refractivity contribution in [2.75, 3.05) is 11.5 Å². The Hall–Kier alpha value is -1.45. The molecule has 0 saturated carbocycles. The van der Waals surface area contributed by atoms with Crippen molar-refractivity contribution in [2.24, 2.45) is 0 Å². The molecule has 1 atom stereocenters. The second-order valence-corrected chi connectivity index (χ2v) is 9.04. The summed E-state index contributed by atoms with van der Waals surface area (Å²) in [5.74, 6) is -1.93. The summed E-state index contributed by atoms with van der Waals surface area (Å²) in [4.78, 5) is 11.1. The summed E-state index contributed by atoms with van der Waals surface area (Å²) >= 11 is 0. The van der Waals surface area contributed by atoms with Gasteiger partial charge in [-0.05, 0) is 25.5 Å². The highest BCUT2D eigenvalue weighted by atomic mass is 32.2. The second kappa shape index (κ2) is 7.21. The molecule has 124 valence electrons. The zero-order valence-electron chi connectivity index (χ0n) is 12.3. The van der Waals surface area contributed by atoms with E-state index < -0.39 is 37.6 Å². The number of hydrogen-bond acceptors (Lipinski definition) is 5. The predicted molar refractivity (Wildman–Crippen MR) is 81.9 cm³/mol. The SMILES string of the molecule is CCS(=O)(=O)CCC(NS(=O)(=O)c1ccc(C)cc1)C(=O)O. The smallest absolute Gasteiger partial charge is 0.321 e. The minimum atomic E-state index is -4.02. The van der Waals surface area contributed by atoms with Gasteiger partial charge in [-0.3, -0.25) is 4.79 Å². The molecule has 7 nitrogen and oxygen atoms in total. The largest absolute Gasteiger partial charge is 0.480 e. The van der Waals surface area contributed by atoms with E-state index in [4.69, 9.17) is 5.11 Å². The first kappa shape index (κ1) is 18.6. The molecular weight excluding hydrogens is 330 g/mol. The van der Waals surface area contributed by atoms with Gasteiger partial charge in [0.2, 0.25) is 10.0 Å². The normalized spacial score (nSPS) is 13.7. The first-order valence-corrected chi connectivity index (χ1v) is 9.90. The number of hydrogen-bond donors (Lipinski definition) is 2. The van der Waals surface area contributed by atoms with E-state index in [0.29, 0.717) is 0 Å². The van der Waals surface area contributed by atoms with Crippen LogP contribution < -0.4 is 4.72 Å². The van der Waals surface area contributed by atoms with E-state index in [0.717, 1.165) is 5.56 Å². The number of aliphatic carboxylic acids is 1. The van der Waals surface area contributed by atoms with Crippen molar-refractivity contribution in [1.82, 2.24) is 4.72 Å². The Morgan fingerprint density at radius 2 is 1.73 bits per heavy atom. The zero-order valence-corrected chi connectivity index (χ0v) is 13.9. The fourth-order valence-electron chi connectivity index (χ4n) is 1.65. The van der Waals surface area contributed by atoms with Gasteiger partial charge >= 0.3 is 5.97 Å². The van der Waals surface area contributed by atoms with Crippen molar-refractivity contribution in [2.45, 2.75) is 31.2 Å². The van der Waals surface area contributed by atoms with Gasteiger partial charge < -0.3 is 5.11 Å². The molecule has 0 aliphatic carbocycles. The Bertz CT molecular complexity index is 722. The number of benzene rings is 1. The molecule has 0 heterocycles. The number of carboxylic acids is 1. The van der Waals surface area contributed by atoms with Crippen LogP contribution in [0.4, 0.5) is 0 Å². The van der Waals surface area contributed by atoms with Gasteiger partial charge in [-0.25, -0.2) is 16.8 Å². The third-order valence-corrected chi connectivity index (χ3v) is 6.31. The Balaban J connectivity index is 2.90. The Labute approximate surface area is 130 Å². The monoisotopic (exact) mass is 349 g/mol. The van der Waals surface area contributed by atoms with Crippen LogP contribution in [0.1, 0.15) is 18.9 Å². The van der Waals surface area contributed by atoms with Gasteiger partial charge in [-0.1, -0.05) is 24.6 Å². The van der Waals surface area contributed by atoms with Crippen LogP contribution in [0.15, 0.2) is 29.2 Å². The van der Waals surface area contributed by atoms with Gasteiger partial charge in [0, 0.05) is 5.75 Å². The average molecular weight is 349 g/mol. The lowest BCUT2D eigenvalue weighted by molar-refractivity contribution is -0.139. The first-order valence-electron chi connectivity index (χ1n) is 6.59. The van der Waals surface area contributed by atoms with E-state index in [1.807, 2.05) is 4.72 Å². The molecule has 9 heteroatoms. The number of nitrogens with one attached hydrogen (secondary N) is 1. The van der Waals surface area contributed by atoms with Crippen molar-refractivity contribution >= 4 is 25.8 Å². The molecule has 1 aromatic carbocycles. The van der Waals surface area contributed by atoms with E-state index in [1.54, 1.807) is 19.1 Å². The van der Waals surface area contributed by atoms with E-state index in [-0.39, 0.29) is 17.1 Å². The van der Waals surface area contributed by atoms with Crippen molar-refractivity contribution in [3.63, 3.8) is 0 Å². The van der Waals surface area contributed by atoms with Crippen LogP contribution in [-0.4, -0.2) is 45.5 Å². The molecule has 0 aromatic heterocycles. The van der Waals surface area contributed by atoms with Crippen molar-refractivity contribution in [3.8, 4) is 0 Å². The standard InChI is InChI=1S/C13H19NO6S2/c1-3-21(17,18)9-8-12(13(15)16)14-22(19,20)11-6-4-10(2)5-7-11/h4-7,12,14H,3,8-9H2,1-2H3,(H,15,16). The van der Waals surface area contributed by atoms with Crippen LogP contribution in [0, 0.1) is 6.92 Å². The lowest BCUT2D eigenvalue weighted by atomic mass is 10.2. The van der Waals surface area contributed by atoms with Crippen LogP contribution in [0.25, 0.3) is 0 Å². The summed E-state index contributed by atoms with van der Waals surface area (Å²) in [6.45, 7) is 3.24. The number of carbonyl (C=O) groups is 1. The summed E-state index contributed by atoms with van der Waals surface area (Å²) in [6.07, 6.45) is -0.323. The molecule has 0 radical (unpaired) electrons. The summed E-state index contributed by atoms with van der Waals surface area (Å²) in [5, 5.41) is 9.08. The average Bonchev–Trinajstić information content (AvgIpc) is 2.43. The third kappa shape index (κ3) is 5.39. The van der Waals surface area contributed by atoms with Gasteiger partial charge in [0.15, 0.2) is 0 Å². The minimum absolute atomic E-state index is 0.0669. The summed E-state index contributed by atoms with van der Waals surface area (Å²) < 4.78 is 49.1. The first-order chi connectivity index (χ1) is 10.1. The molecule has 0 bridgehead atoms. The van der Waals surface area contributed by atoms with Crippen LogP contribution >= 0.6 is 0 Å². The van der Waals surface area contributed by atoms with Gasteiger partial charge in [0.25, 0.3) is 0 Å². The number of sulfonamides is 1. The fraction of sp³-hybridized carbons (Fsp3) is 0.462. The molecule has 1 aromatic rings. The molecule has 22 heavy (non-hydrogen) atoms. The third-order valence-electron chi connectivity index (χ3n) is 3.08. The maximum absolute atomic E-state index is 12.1. The minimum Gasteiger partial charge on any atom is -0.480 e. The number of carboxylic acid groups (broad SMARTS) is 1. The topological polar surface area (TPSA) is 118 Å². The second-order valence-electron chi connectivity index (χ2n) is 4.85. The van der Waals surface area contributed by atoms with Gasteiger partial charge in [0.05, 0.1) is 10.6 Å². The van der Waals surface area contributed by atoms with Crippen LogP contribution in [0.2, 0.25) is 0 Å². The lowest BCUT2D eigenvalue weighted by Crippen LogP contribution is -2.41. The molecule has 0 saturated heterocycles. The van der Waals surface area contributed by atoms with Gasteiger partial charge in [-0.15, -0.1) is 0 Å². The predicted octanol–water partition coefficient (Wildman–Crippen LogP) is 0.551. The zero-order chi connectivity index (χ0) is 17.0. The molecule has 0 fully saturated rings. The highest BCUT2D eigenvalue weighted by Gasteiger charge is 2.26. The summed E-state index contributed by atoms with van der Waals surface area (Å²) in [6, 6.07) is 4.41. The van der Waals surface area contributed by atoms with E-state index in [1.165, 1.54) is 19.1 Å². The number of rotatable bonds is 8. The number of aryl methyl sites for hydroxylation is 1. The van der Waals surface area contributed by atoms with E-state index in [2.05, 4.69) is 0 Å². The van der Waals surface area contributed by atoms with Gasteiger partial charge in [0.1, 0.15) is 15.9 Å². The Morgan fingerprint density at radius 1 is 1.18 bits per heavy atom. The molecule has 0 amide bonds. The Kier molecular flexibility index (Phi) is 6.09. The highest BCUT2D eigenvalue weighted by Crippen LogP contribution is 2.12. The van der Waals surface area contributed by atoms with Crippen molar-refractivity contribution in [3.05, 3.63) is 29.8 Å². The maximum atomic E-state index is 12.1. The summed E-state index contributed by atoms with van der Waals surface area (Å²) in [5.41, 5.74) is 0.864. The molecule has 1 unspecified atom stereocenters. The quantitative estimate of drug-likeness (QED) is 0.708. The highest BCUT2D eigenvalue weighted by molar-refractivity contribution is 7.91. The van der Waals surface area contributed by atoms with Crippen molar-refractivity contribution in [1.29, 1.82) is 0 Å². The molecule has 2 N–H and O–H groups in total. The molecule has 1 rings (SSSR count). The van der Waals surface area contributed by atoms with E-state index >= 15 is 0 Å². The molecule has 0 aliphatic heterocycles. The molecule has 0 aliphatic rings. The molecule has 0 spiro atoms. The Morgan fingerprint density at radius 3 is 2.18 bits per heavy atom. The van der Waals surface area contributed by atoms with Crippen LogP contribution in [0.3, 0.4) is 0 Å². The molecular formula is C13H19NO6S2. The summed E-state index contributed by atoms with van der Waals surface area (Å²) in [7, 11) is -7.39.